The molecular formula is C15H14F6N4O2. The molecule has 6 nitrogen and oxygen atoms in total. The lowest BCUT2D eigenvalue weighted by Gasteiger charge is -2.25. The lowest BCUT2D eigenvalue weighted by atomic mass is 9.99. The molecule has 1 heterocycles. The van der Waals surface area contributed by atoms with Gasteiger partial charge in [-0.05, 0) is 17.7 Å². The molecule has 0 saturated heterocycles. The van der Waals surface area contributed by atoms with E-state index in [2.05, 4.69) is 4.99 Å². The highest BCUT2D eigenvalue weighted by Crippen LogP contribution is 2.40. The van der Waals surface area contributed by atoms with Crippen LogP contribution in [0.4, 0.5) is 26.3 Å². The average molecular weight is 396 g/mol. The maximum Gasteiger partial charge on any atom is 0.416 e. The number of guanidine groups is 1. The van der Waals surface area contributed by atoms with Crippen molar-refractivity contribution in [2.24, 2.45) is 16.5 Å². The fourth-order valence-corrected chi connectivity index (χ4v) is 2.75. The van der Waals surface area contributed by atoms with E-state index >= 15 is 0 Å². The average Bonchev–Trinajstić information content (AvgIpc) is 2.75. The summed E-state index contributed by atoms with van der Waals surface area (Å²) in [4.78, 5) is 28.2. The summed E-state index contributed by atoms with van der Waals surface area (Å²) in [5, 5.41) is 0. The van der Waals surface area contributed by atoms with Crippen molar-refractivity contribution in [1.29, 1.82) is 0 Å². The Bertz CT molecular complexity index is 783. The summed E-state index contributed by atoms with van der Waals surface area (Å²) in [7, 11) is 0. The zero-order valence-corrected chi connectivity index (χ0v) is 13.6. The highest BCUT2D eigenvalue weighted by molar-refractivity contribution is 6.00. The molecule has 1 atom stereocenters. The van der Waals surface area contributed by atoms with Crippen molar-refractivity contribution in [1.82, 2.24) is 4.90 Å². The number of benzene rings is 1. The van der Waals surface area contributed by atoms with Gasteiger partial charge in [0.1, 0.15) is 0 Å². The smallest absolute Gasteiger partial charge is 0.370 e. The summed E-state index contributed by atoms with van der Waals surface area (Å²) in [6.45, 7) is -0.821. The third-order valence-electron chi connectivity index (χ3n) is 3.87. The minimum atomic E-state index is -4.74. The Labute approximate surface area is 148 Å². The predicted molar refractivity (Wildman–Crippen MR) is 81.3 cm³/mol. The molecule has 27 heavy (non-hydrogen) atoms. The van der Waals surface area contributed by atoms with E-state index in [1.807, 2.05) is 0 Å². The summed E-state index contributed by atoms with van der Waals surface area (Å²) in [6, 6.07) is 1.02. The Morgan fingerprint density at radius 1 is 1.15 bits per heavy atom. The highest BCUT2D eigenvalue weighted by atomic mass is 19.4. The zero-order valence-electron chi connectivity index (χ0n) is 13.6. The van der Waals surface area contributed by atoms with Crippen LogP contribution in [-0.2, 0) is 11.0 Å². The summed E-state index contributed by atoms with van der Waals surface area (Å²) < 4.78 is 76.2. The van der Waals surface area contributed by atoms with Gasteiger partial charge in [0.15, 0.2) is 5.96 Å². The molecule has 0 fully saturated rings. The number of carbonyl (C=O) groups excluding carboxylic acids is 2. The molecule has 0 unspecified atom stereocenters. The molecule has 0 radical (unpaired) electrons. The molecule has 4 N–H and O–H groups in total. The SMILES string of the molecule is NC(N)=NC(=O)C[C@H]1c2ccc(C(F)(F)F)cc2C(=O)N1CCC(F)(F)F. The number of alkyl halides is 6. The molecule has 1 aromatic rings. The van der Waals surface area contributed by atoms with Gasteiger partial charge in [-0.1, -0.05) is 6.07 Å². The first-order valence-electron chi connectivity index (χ1n) is 7.51. The first kappa shape index (κ1) is 20.5. The van der Waals surface area contributed by atoms with E-state index < -0.39 is 66.7 Å². The van der Waals surface area contributed by atoms with Crippen LogP contribution in [0.15, 0.2) is 23.2 Å². The van der Waals surface area contributed by atoms with Crippen LogP contribution < -0.4 is 11.5 Å². The largest absolute Gasteiger partial charge is 0.416 e. The van der Waals surface area contributed by atoms with Crippen LogP contribution in [0.25, 0.3) is 0 Å². The molecule has 0 aromatic heterocycles. The van der Waals surface area contributed by atoms with Gasteiger partial charge in [0.2, 0.25) is 0 Å². The number of fused-ring (bicyclic) bond motifs is 1. The Hall–Kier alpha value is -2.79. The molecule has 12 heteroatoms. The quantitative estimate of drug-likeness (QED) is 0.463. The zero-order chi connectivity index (χ0) is 20.6. The number of amides is 2. The van der Waals surface area contributed by atoms with Crippen molar-refractivity contribution >= 4 is 17.8 Å². The molecule has 0 bridgehead atoms. The van der Waals surface area contributed by atoms with Crippen molar-refractivity contribution in [2.45, 2.75) is 31.2 Å². The number of carbonyl (C=O) groups is 2. The van der Waals surface area contributed by atoms with Crippen molar-refractivity contribution in [2.75, 3.05) is 6.54 Å². The summed E-state index contributed by atoms with van der Waals surface area (Å²) in [5.41, 5.74) is 8.60. The van der Waals surface area contributed by atoms with E-state index in [-0.39, 0.29) is 5.56 Å². The molecule has 2 amide bonds. The van der Waals surface area contributed by atoms with Crippen LogP contribution in [0, 0.1) is 0 Å². The van der Waals surface area contributed by atoms with E-state index in [4.69, 9.17) is 11.5 Å². The van der Waals surface area contributed by atoms with Crippen molar-refractivity contribution < 1.29 is 35.9 Å². The maximum atomic E-state index is 12.9. The van der Waals surface area contributed by atoms with Gasteiger partial charge < -0.3 is 16.4 Å². The second-order valence-corrected chi connectivity index (χ2v) is 5.81. The molecule has 1 aliphatic heterocycles. The number of aliphatic imine (C=N–C) groups is 1. The Morgan fingerprint density at radius 3 is 2.30 bits per heavy atom. The van der Waals surface area contributed by atoms with Crippen LogP contribution in [0.2, 0.25) is 0 Å². The van der Waals surface area contributed by atoms with Crippen molar-refractivity contribution in [3.05, 3.63) is 34.9 Å². The number of halogens is 6. The minimum absolute atomic E-state index is 0.00863. The third kappa shape index (κ3) is 4.89. The fourth-order valence-electron chi connectivity index (χ4n) is 2.75. The fraction of sp³-hybridized carbons (Fsp3) is 0.400. The summed E-state index contributed by atoms with van der Waals surface area (Å²) in [6.07, 6.45) is -11.3. The van der Waals surface area contributed by atoms with E-state index in [9.17, 15) is 35.9 Å². The van der Waals surface area contributed by atoms with Gasteiger partial charge in [-0.3, -0.25) is 9.59 Å². The van der Waals surface area contributed by atoms with Crippen LogP contribution in [-0.4, -0.2) is 35.4 Å². The lowest BCUT2D eigenvalue weighted by molar-refractivity contribution is -0.138. The third-order valence-corrected chi connectivity index (χ3v) is 3.87. The Morgan fingerprint density at radius 2 is 1.78 bits per heavy atom. The first-order chi connectivity index (χ1) is 12.3. The van der Waals surface area contributed by atoms with Gasteiger partial charge in [0.25, 0.3) is 11.8 Å². The Balaban J connectivity index is 2.41. The minimum Gasteiger partial charge on any atom is -0.370 e. The normalized spacial score (nSPS) is 17.0. The van der Waals surface area contributed by atoms with Crippen LogP contribution in [0.1, 0.15) is 40.4 Å². The van der Waals surface area contributed by atoms with Crippen molar-refractivity contribution in [3.8, 4) is 0 Å². The molecule has 2 rings (SSSR count). The van der Waals surface area contributed by atoms with E-state index in [1.165, 1.54) is 0 Å². The predicted octanol–water partition coefficient (Wildman–Crippen LogP) is 2.34. The van der Waals surface area contributed by atoms with Gasteiger partial charge in [0.05, 0.1) is 24.4 Å². The van der Waals surface area contributed by atoms with E-state index in [0.29, 0.717) is 17.0 Å². The van der Waals surface area contributed by atoms with Crippen LogP contribution in [0.3, 0.4) is 0 Å². The highest BCUT2D eigenvalue weighted by Gasteiger charge is 2.42. The Kier molecular flexibility index (Phi) is 5.38. The van der Waals surface area contributed by atoms with Crippen molar-refractivity contribution in [3.63, 3.8) is 0 Å². The number of hydrogen-bond donors (Lipinski definition) is 2. The molecular weight excluding hydrogens is 382 g/mol. The monoisotopic (exact) mass is 396 g/mol. The van der Waals surface area contributed by atoms with Crippen LogP contribution in [0.5, 0.6) is 0 Å². The van der Waals surface area contributed by atoms with Gasteiger partial charge >= 0.3 is 12.4 Å². The topological polar surface area (TPSA) is 102 Å². The standard InChI is InChI=1S/C15H14F6N4O2/c16-14(17,18)3-4-25-10(6-11(26)24-13(22)23)8-2-1-7(15(19,20)21)5-9(8)12(25)27/h1-2,5,10H,3-4,6H2,(H4,22,23,24,26)/t10-/m0/s1. The molecule has 0 aliphatic carbocycles. The van der Waals surface area contributed by atoms with Crippen LogP contribution >= 0.6 is 0 Å². The van der Waals surface area contributed by atoms with Gasteiger partial charge in [-0.25, -0.2) is 0 Å². The molecule has 0 spiro atoms. The summed E-state index contributed by atoms with van der Waals surface area (Å²) in [5.74, 6) is -2.53. The molecule has 148 valence electrons. The number of nitrogens with zero attached hydrogens (tertiary/aromatic N) is 2. The molecule has 0 saturated carbocycles. The molecule has 1 aliphatic rings. The van der Waals surface area contributed by atoms with E-state index in [1.54, 1.807) is 0 Å². The molecule has 1 aromatic carbocycles. The number of hydrogen-bond acceptors (Lipinski definition) is 2. The van der Waals surface area contributed by atoms with Gasteiger partial charge in [-0.2, -0.15) is 31.3 Å². The van der Waals surface area contributed by atoms with Gasteiger partial charge in [0, 0.05) is 12.1 Å². The number of nitrogens with two attached hydrogens (primary N) is 2. The summed E-state index contributed by atoms with van der Waals surface area (Å²) >= 11 is 0. The first-order valence-corrected chi connectivity index (χ1v) is 7.51. The second kappa shape index (κ2) is 7.08. The van der Waals surface area contributed by atoms with Gasteiger partial charge in [-0.15, -0.1) is 0 Å². The lowest BCUT2D eigenvalue weighted by Crippen LogP contribution is -2.33. The maximum absolute atomic E-state index is 12.9. The van der Waals surface area contributed by atoms with E-state index in [0.717, 1.165) is 6.07 Å². The number of rotatable bonds is 4. The second-order valence-electron chi connectivity index (χ2n) is 5.81.